The molecule has 0 radical (unpaired) electrons. The molecule has 13 aromatic rings. The molecule has 0 saturated heterocycles. The summed E-state index contributed by atoms with van der Waals surface area (Å²) in [6.45, 7) is 0. The second kappa shape index (κ2) is 25.0. The first-order chi connectivity index (χ1) is 41.8. The van der Waals surface area contributed by atoms with E-state index in [-0.39, 0.29) is 21.2 Å². The molecule has 0 aliphatic heterocycles. The Hall–Kier alpha value is -11.1. The highest BCUT2D eigenvalue weighted by Crippen LogP contribution is 2.49. The van der Waals surface area contributed by atoms with E-state index in [1.807, 2.05) is 158 Å². The van der Waals surface area contributed by atoms with E-state index in [0.717, 1.165) is 100 Å². The van der Waals surface area contributed by atoms with Gasteiger partial charge in [-0.15, -0.1) is 0 Å². The van der Waals surface area contributed by atoms with Gasteiger partial charge in [-0.25, -0.2) is 0 Å². The summed E-state index contributed by atoms with van der Waals surface area (Å²) in [4.78, 5) is 39.8. The molecule has 0 atom stereocenters. The van der Waals surface area contributed by atoms with Gasteiger partial charge in [0.25, 0.3) is 11.4 Å². The van der Waals surface area contributed by atoms with Crippen molar-refractivity contribution >= 4 is 49.4 Å². The van der Waals surface area contributed by atoms with Gasteiger partial charge in [-0.05, 0) is 117 Å². The van der Waals surface area contributed by atoms with Gasteiger partial charge in [0.2, 0.25) is 0 Å². The van der Waals surface area contributed by atoms with E-state index in [0.29, 0.717) is 11.1 Å². The Morgan fingerprint density at radius 2 is 0.871 bits per heavy atom. The second-order valence-corrected chi connectivity index (χ2v) is 20.8. The number of hydrogen-bond acceptors (Lipinski definition) is 8. The largest absolute Gasteiger partial charge is 0.308 e. The number of halogens is 1. The van der Waals surface area contributed by atoms with Crippen LogP contribution in [0.15, 0.2) is 296 Å². The Morgan fingerprint density at radius 3 is 1.41 bits per heavy atom. The fourth-order valence-corrected chi connectivity index (χ4v) is 11.3. The van der Waals surface area contributed by atoms with Crippen LogP contribution in [0.5, 0.6) is 0 Å². The quantitative estimate of drug-likeness (QED) is 0.0920. The number of nitro groups is 2. The molecule has 8 aromatic carbocycles. The molecule has 0 bridgehead atoms. The van der Waals surface area contributed by atoms with Crippen LogP contribution in [0.3, 0.4) is 0 Å². The highest BCUT2D eigenvalue weighted by Gasteiger charge is 2.29. The number of fused-ring (bicyclic) bond motifs is 2. The van der Waals surface area contributed by atoms with Crippen molar-refractivity contribution < 1.29 is 9.85 Å². The van der Waals surface area contributed by atoms with Crippen molar-refractivity contribution in [1.82, 2.24) is 24.5 Å². The molecule has 0 unspecified atom stereocenters. The van der Waals surface area contributed by atoms with Crippen LogP contribution in [-0.4, -0.2) is 34.3 Å². The van der Waals surface area contributed by atoms with E-state index < -0.39 is 0 Å². The molecule has 0 saturated carbocycles. The maximum atomic E-state index is 12.1. The van der Waals surface area contributed by atoms with Gasteiger partial charge in [0.1, 0.15) is 12.4 Å². The maximum Gasteiger partial charge on any atom is 0.295 e. The average Bonchev–Trinajstić information content (AvgIpc) is 4.23. The molecule has 0 amide bonds. The highest BCUT2D eigenvalue weighted by molar-refractivity contribution is 9.10. The van der Waals surface area contributed by atoms with Crippen molar-refractivity contribution in [3.05, 3.63) is 339 Å². The number of aromatic nitrogens is 5. The van der Waals surface area contributed by atoms with Gasteiger partial charge in [0, 0.05) is 62.6 Å². The molecular weight excluding hydrogens is 1120 g/mol. The predicted octanol–water partition coefficient (Wildman–Crippen LogP) is 18.7. The molecule has 0 spiro atoms. The summed E-state index contributed by atoms with van der Waals surface area (Å²) < 4.78 is 3.32. The van der Waals surface area contributed by atoms with Gasteiger partial charge in [0.05, 0.1) is 43.6 Å². The number of allylic oxidation sites excluding steroid dienone is 1. The molecule has 5 heterocycles. The first-order valence-corrected chi connectivity index (χ1v) is 28.2. The second-order valence-electron chi connectivity index (χ2n) is 19.9. The van der Waals surface area contributed by atoms with Crippen molar-refractivity contribution in [2.45, 2.75) is 6.42 Å². The molecule has 11 nitrogen and oxygen atoms in total. The molecule has 408 valence electrons. The minimum atomic E-state index is -0.369. The number of hydrogen-bond donors (Lipinski definition) is 0. The molecule has 1 aliphatic rings. The van der Waals surface area contributed by atoms with E-state index in [9.17, 15) is 20.2 Å². The van der Waals surface area contributed by atoms with E-state index >= 15 is 0 Å². The summed E-state index contributed by atoms with van der Waals surface area (Å²) in [6.07, 6.45) is 10.2. The normalized spacial score (nSPS) is 11.4. The third-order valence-corrected chi connectivity index (χ3v) is 15.4. The average molecular weight is 1170 g/mol. The van der Waals surface area contributed by atoms with Gasteiger partial charge in [-0.2, -0.15) is 0 Å². The molecule has 1 aliphatic carbocycles. The lowest BCUT2D eigenvalue weighted by molar-refractivity contribution is -0.384. The fourth-order valence-electron chi connectivity index (χ4n) is 11.1. The summed E-state index contributed by atoms with van der Waals surface area (Å²) in [5.41, 5.74) is 19.8. The summed E-state index contributed by atoms with van der Waals surface area (Å²) in [5, 5.41) is 24.7. The van der Waals surface area contributed by atoms with Crippen LogP contribution >= 0.6 is 15.9 Å². The van der Waals surface area contributed by atoms with Crippen LogP contribution in [0.25, 0.3) is 94.9 Å². The van der Waals surface area contributed by atoms with Crippen LogP contribution in [0.1, 0.15) is 22.3 Å². The predicted molar refractivity (Wildman–Crippen MR) is 343 cm³/mol. The minimum absolute atomic E-state index is 0.0281. The Labute approximate surface area is 499 Å². The smallest absolute Gasteiger partial charge is 0.295 e. The van der Waals surface area contributed by atoms with Gasteiger partial charge in [-0.1, -0.05) is 210 Å². The molecular formula is C73H50BrN7O4. The maximum absolute atomic E-state index is 12.1. The lowest BCUT2D eigenvalue weighted by atomic mass is 9.93. The van der Waals surface area contributed by atoms with E-state index in [1.165, 1.54) is 29.1 Å². The standard InChI is InChI=1S/C36H24N4O2.C26H18N2O2.C11H8BrN/c41-40(42)33-24-37-23-21-29(33)30-14-9-15-31-34(26-10-3-1-4-11-26)35(27-12-5-2-6-13-27)39(36(30)31)28-19-17-25(18-20-28)32-16-7-8-22-38-32;29-28(30)25-17-27-15-14-21(25)20-12-7-13-22-24(20)16-23(18-8-3-1-4-9-18)26(22)19-10-5-2-6-11-19;12-10-6-4-9(5-7-10)11-3-1-2-8-13-11/h1-24H;1-15,17H,16H2;1-8H. The van der Waals surface area contributed by atoms with Crippen LogP contribution in [0, 0.1) is 20.2 Å². The Bertz CT molecular complexity index is 4530. The molecule has 0 fully saturated rings. The number of nitrogens with zero attached hydrogens (tertiary/aromatic N) is 7. The Morgan fingerprint density at radius 1 is 0.400 bits per heavy atom. The minimum Gasteiger partial charge on any atom is -0.308 e. The van der Waals surface area contributed by atoms with Crippen LogP contribution in [-0.2, 0) is 6.42 Å². The van der Waals surface area contributed by atoms with Crippen LogP contribution < -0.4 is 0 Å². The molecule has 85 heavy (non-hydrogen) atoms. The van der Waals surface area contributed by atoms with Crippen molar-refractivity contribution in [1.29, 1.82) is 0 Å². The molecule has 14 rings (SSSR count). The van der Waals surface area contributed by atoms with Gasteiger partial charge >= 0.3 is 0 Å². The van der Waals surface area contributed by atoms with Gasteiger partial charge in [0.15, 0.2) is 0 Å². The Balaban J connectivity index is 0.000000142. The molecule has 0 N–H and O–H groups in total. The number of pyridine rings is 4. The summed E-state index contributed by atoms with van der Waals surface area (Å²) in [6, 6.07) is 85.0. The number of para-hydroxylation sites is 1. The van der Waals surface area contributed by atoms with Crippen molar-refractivity contribution in [3.63, 3.8) is 0 Å². The SMILES string of the molecule is Brc1ccc(-c2ccccn2)cc1.O=[N+]([O-])c1cnccc1-c1cccc2c(-c3ccccc3)c(-c3ccccc3)n(-c3ccc(-c4ccccn4)cc3)c12.O=[N+]([O-])c1cnccc1-c1cccc2c1CC(c1ccccc1)=C2c1ccccc1. The van der Waals surface area contributed by atoms with E-state index in [4.69, 9.17) is 0 Å². The van der Waals surface area contributed by atoms with Crippen molar-refractivity contribution in [2.75, 3.05) is 0 Å². The van der Waals surface area contributed by atoms with E-state index in [1.54, 1.807) is 36.9 Å². The first kappa shape index (κ1) is 54.5. The van der Waals surface area contributed by atoms with Crippen LogP contribution in [0.4, 0.5) is 11.4 Å². The molecule has 12 heteroatoms. The van der Waals surface area contributed by atoms with Gasteiger partial charge in [-0.3, -0.25) is 40.2 Å². The van der Waals surface area contributed by atoms with Gasteiger partial charge < -0.3 is 4.57 Å². The summed E-state index contributed by atoms with van der Waals surface area (Å²) in [7, 11) is 0. The zero-order chi connectivity index (χ0) is 58.1. The number of rotatable bonds is 11. The Kier molecular flexibility index (Phi) is 16.0. The third-order valence-electron chi connectivity index (χ3n) is 14.8. The zero-order valence-corrected chi connectivity index (χ0v) is 47.1. The third kappa shape index (κ3) is 11.5. The van der Waals surface area contributed by atoms with Crippen LogP contribution in [0.2, 0.25) is 0 Å². The van der Waals surface area contributed by atoms with E-state index in [2.05, 4.69) is 125 Å². The monoisotopic (exact) mass is 1170 g/mol. The first-order valence-electron chi connectivity index (χ1n) is 27.4. The van der Waals surface area contributed by atoms with Crippen molar-refractivity contribution in [2.24, 2.45) is 0 Å². The fraction of sp³-hybridized carbons (Fsp3) is 0.0137. The van der Waals surface area contributed by atoms with Crippen molar-refractivity contribution in [3.8, 4) is 72.8 Å². The topological polar surface area (TPSA) is 143 Å². The number of benzene rings is 8. The highest BCUT2D eigenvalue weighted by atomic mass is 79.9. The lowest BCUT2D eigenvalue weighted by Crippen LogP contribution is -2.00. The molecule has 5 aromatic heterocycles. The lowest BCUT2D eigenvalue weighted by Gasteiger charge is -2.15. The summed E-state index contributed by atoms with van der Waals surface area (Å²) in [5.74, 6) is 0. The summed E-state index contributed by atoms with van der Waals surface area (Å²) >= 11 is 3.40. The zero-order valence-electron chi connectivity index (χ0n) is 45.6.